The van der Waals surface area contributed by atoms with Crippen molar-refractivity contribution in [2.75, 3.05) is 12.4 Å². The molecular formula is C13H11N7. The molecule has 0 aliphatic carbocycles. The lowest BCUT2D eigenvalue weighted by Crippen LogP contribution is -1.97. The van der Waals surface area contributed by atoms with Crippen molar-refractivity contribution in [3.05, 3.63) is 30.7 Å². The van der Waals surface area contributed by atoms with Gasteiger partial charge in [0.1, 0.15) is 16.9 Å². The van der Waals surface area contributed by atoms with Gasteiger partial charge in [-0.25, -0.2) is 19.9 Å². The van der Waals surface area contributed by atoms with Crippen LogP contribution in [0.25, 0.3) is 33.6 Å². The van der Waals surface area contributed by atoms with Crippen molar-refractivity contribution in [3.63, 3.8) is 0 Å². The lowest BCUT2D eigenvalue weighted by molar-refractivity contribution is 1.13. The molecule has 0 unspecified atom stereocenters. The van der Waals surface area contributed by atoms with Crippen molar-refractivity contribution < 1.29 is 0 Å². The summed E-state index contributed by atoms with van der Waals surface area (Å²) in [5.74, 6) is 1.27. The molecule has 0 aromatic carbocycles. The maximum Gasteiger partial charge on any atom is 0.223 e. The van der Waals surface area contributed by atoms with Gasteiger partial charge in [-0.15, -0.1) is 0 Å². The number of rotatable bonds is 2. The van der Waals surface area contributed by atoms with Gasteiger partial charge in [-0.2, -0.15) is 0 Å². The van der Waals surface area contributed by atoms with Crippen LogP contribution in [0, 0.1) is 0 Å². The molecule has 4 rings (SSSR count). The monoisotopic (exact) mass is 265 g/mol. The molecule has 3 N–H and O–H groups in total. The summed E-state index contributed by atoms with van der Waals surface area (Å²) < 4.78 is 0. The minimum absolute atomic E-state index is 0.563. The van der Waals surface area contributed by atoms with Gasteiger partial charge in [0.2, 0.25) is 5.95 Å². The van der Waals surface area contributed by atoms with E-state index in [2.05, 4.69) is 35.2 Å². The predicted molar refractivity (Wildman–Crippen MR) is 76.3 cm³/mol. The Balaban J connectivity index is 1.95. The van der Waals surface area contributed by atoms with Crippen LogP contribution in [0.4, 0.5) is 5.95 Å². The zero-order valence-electron chi connectivity index (χ0n) is 10.7. The molecular weight excluding hydrogens is 254 g/mol. The molecule has 4 aromatic rings. The highest BCUT2D eigenvalue weighted by molar-refractivity contribution is 6.01. The summed E-state index contributed by atoms with van der Waals surface area (Å²) >= 11 is 0. The van der Waals surface area contributed by atoms with Crippen LogP contribution < -0.4 is 5.32 Å². The highest BCUT2D eigenvalue weighted by Gasteiger charge is 2.11. The third-order valence-corrected chi connectivity index (χ3v) is 3.16. The van der Waals surface area contributed by atoms with Crippen molar-refractivity contribution in [1.82, 2.24) is 29.9 Å². The highest BCUT2D eigenvalue weighted by Crippen LogP contribution is 2.24. The molecule has 0 bridgehead atoms. The Morgan fingerprint density at radius 1 is 1.15 bits per heavy atom. The van der Waals surface area contributed by atoms with Crippen molar-refractivity contribution in [2.24, 2.45) is 0 Å². The van der Waals surface area contributed by atoms with Crippen LogP contribution in [0.15, 0.2) is 30.7 Å². The molecule has 0 radical (unpaired) electrons. The van der Waals surface area contributed by atoms with Crippen LogP contribution in [0.5, 0.6) is 0 Å². The van der Waals surface area contributed by atoms with E-state index in [9.17, 15) is 0 Å². The third kappa shape index (κ3) is 1.53. The number of nitrogens with one attached hydrogen (secondary N) is 3. The van der Waals surface area contributed by atoms with Gasteiger partial charge in [0, 0.05) is 24.8 Å². The fourth-order valence-corrected chi connectivity index (χ4v) is 2.21. The van der Waals surface area contributed by atoms with E-state index in [0.29, 0.717) is 11.8 Å². The molecule has 7 heteroatoms. The van der Waals surface area contributed by atoms with E-state index in [1.54, 1.807) is 19.4 Å². The fourth-order valence-electron chi connectivity index (χ4n) is 2.21. The first-order chi connectivity index (χ1) is 9.85. The first kappa shape index (κ1) is 10.9. The fraction of sp³-hybridized carbons (Fsp3) is 0.0769. The number of aromatic nitrogens is 6. The van der Waals surface area contributed by atoms with Crippen molar-refractivity contribution >= 4 is 28.0 Å². The highest BCUT2D eigenvalue weighted by atomic mass is 15.1. The Morgan fingerprint density at radius 2 is 2.10 bits per heavy atom. The Kier molecular flexibility index (Phi) is 2.19. The smallest absolute Gasteiger partial charge is 0.223 e. The molecule has 98 valence electrons. The number of fused-ring (bicyclic) bond motifs is 3. The second kappa shape index (κ2) is 4.02. The van der Waals surface area contributed by atoms with Gasteiger partial charge in [-0.05, 0) is 12.1 Å². The number of anilines is 1. The molecule has 0 fully saturated rings. The van der Waals surface area contributed by atoms with Gasteiger partial charge in [-0.1, -0.05) is 0 Å². The second-order valence-electron chi connectivity index (χ2n) is 4.36. The van der Waals surface area contributed by atoms with E-state index in [1.807, 2.05) is 18.3 Å². The van der Waals surface area contributed by atoms with Crippen LogP contribution in [0.3, 0.4) is 0 Å². The van der Waals surface area contributed by atoms with Crippen LogP contribution in [-0.4, -0.2) is 37.0 Å². The van der Waals surface area contributed by atoms with Gasteiger partial charge in [0.15, 0.2) is 5.82 Å². The molecule has 0 amide bonds. The predicted octanol–water partition coefficient (Wildman–Crippen LogP) is 1.94. The first-order valence-corrected chi connectivity index (χ1v) is 6.18. The summed E-state index contributed by atoms with van der Waals surface area (Å²) in [6.45, 7) is 0. The molecule has 20 heavy (non-hydrogen) atoms. The molecule has 4 aromatic heterocycles. The van der Waals surface area contributed by atoms with Crippen molar-refractivity contribution in [1.29, 1.82) is 0 Å². The zero-order chi connectivity index (χ0) is 13.5. The van der Waals surface area contributed by atoms with E-state index in [0.717, 1.165) is 27.8 Å². The summed E-state index contributed by atoms with van der Waals surface area (Å²) in [5, 5.41) is 3.91. The van der Waals surface area contributed by atoms with E-state index in [1.165, 1.54) is 0 Å². The number of H-pyrrole nitrogens is 2. The lowest BCUT2D eigenvalue weighted by Gasteiger charge is -1.99. The maximum absolute atomic E-state index is 4.63. The third-order valence-electron chi connectivity index (χ3n) is 3.16. The molecule has 0 aliphatic heterocycles. The summed E-state index contributed by atoms with van der Waals surface area (Å²) in [6, 6.07) is 3.79. The molecule has 0 saturated heterocycles. The van der Waals surface area contributed by atoms with E-state index < -0.39 is 0 Å². The topological polar surface area (TPSA) is 95.2 Å². The number of hydrogen-bond donors (Lipinski definition) is 3. The van der Waals surface area contributed by atoms with Gasteiger partial charge >= 0.3 is 0 Å². The lowest BCUT2D eigenvalue weighted by atomic mass is 10.3. The molecule has 4 heterocycles. The number of aromatic amines is 2. The minimum atomic E-state index is 0.563. The Morgan fingerprint density at radius 3 is 3.00 bits per heavy atom. The van der Waals surface area contributed by atoms with Crippen molar-refractivity contribution in [3.8, 4) is 11.5 Å². The summed E-state index contributed by atoms with van der Waals surface area (Å²) in [6.07, 6.45) is 5.32. The zero-order valence-corrected chi connectivity index (χ0v) is 10.7. The number of pyridine rings is 1. The van der Waals surface area contributed by atoms with Crippen LogP contribution in [-0.2, 0) is 0 Å². The summed E-state index contributed by atoms with van der Waals surface area (Å²) in [4.78, 5) is 23.8. The molecule has 0 spiro atoms. The Hall–Kier alpha value is -2.96. The van der Waals surface area contributed by atoms with Gasteiger partial charge in [0.25, 0.3) is 0 Å². The molecule has 7 nitrogen and oxygen atoms in total. The average Bonchev–Trinajstić information content (AvgIpc) is 3.12. The maximum atomic E-state index is 4.63. The standard InChI is InChI=1S/C13H11N7/c1-14-13-16-5-3-8(19-13)12-18-9-6-17-11-7(2-4-15-11)10(9)20-12/h2-6H,1H3,(H,15,17)(H,18,20)(H,14,16,19). The van der Waals surface area contributed by atoms with Crippen LogP contribution in [0.2, 0.25) is 0 Å². The molecule has 0 saturated carbocycles. The van der Waals surface area contributed by atoms with Gasteiger partial charge < -0.3 is 15.3 Å². The minimum Gasteiger partial charge on any atom is -0.357 e. The van der Waals surface area contributed by atoms with Crippen LogP contribution in [0.1, 0.15) is 0 Å². The molecule has 0 aliphatic rings. The van der Waals surface area contributed by atoms with E-state index >= 15 is 0 Å². The van der Waals surface area contributed by atoms with Crippen molar-refractivity contribution in [2.45, 2.75) is 0 Å². The number of hydrogen-bond acceptors (Lipinski definition) is 5. The van der Waals surface area contributed by atoms with E-state index in [-0.39, 0.29) is 0 Å². The molecule has 0 atom stereocenters. The number of imidazole rings is 1. The SMILES string of the molecule is CNc1nccc(-c2nc3c(cnc4[nH]ccc43)[nH]2)n1. The van der Waals surface area contributed by atoms with Gasteiger partial charge in [-0.3, -0.25) is 0 Å². The summed E-state index contributed by atoms with van der Waals surface area (Å²) in [7, 11) is 1.78. The van der Waals surface area contributed by atoms with Crippen LogP contribution >= 0.6 is 0 Å². The first-order valence-electron chi connectivity index (χ1n) is 6.18. The Bertz CT molecular complexity index is 905. The van der Waals surface area contributed by atoms with Gasteiger partial charge in [0.05, 0.1) is 11.7 Å². The average molecular weight is 265 g/mol. The largest absolute Gasteiger partial charge is 0.357 e. The normalized spacial score (nSPS) is 11.2. The Labute approximate surface area is 113 Å². The quantitative estimate of drug-likeness (QED) is 0.515. The second-order valence-corrected chi connectivity index (χ2v) is 4.36. The van der Waals surface area contributed by atoms with E-state index in [4.69, 9.17) is 0 Å². The summed E-state index contributed by atoms with van der Waals surface area (Å²) in [5.41, 5.74) is 3.34. The number of nitrogens with zero attached hydrogens (tertiary/aromatic N) is 4.